The van der Waals surface area contributed by atoms with Crippen molar-refractivity contribution in [2.45, 2.75) is 33.2 Å². The van der Waals surface area contributed by atoms with Crippen LogP contribution in [-0.2, 0) is 13.5 Å². The molecule has 4 nitrogen and oxygen atoms in total. The second-order valence-electron chi connectivity index (χ2n) is 4.66. The Balaban J connectivity index is 2.08. The topological polar surface area (TPSA) is 46.9 Å². The molecule has 5 heteroatoms. The van der Waals surface area contributed by atoms with Crippen molar-refractivity contribution in [3.63, 3.8) is 0 Å². The fourth-order valence-corrected chi connectivity index (χ4v) is 2.80. The van der Waals surface area contributed by atoms with Crippen molar-refractivity contribution >= 4 is 17.2 Å². The molecule has 19 heavy (non-hydrogen) atoms. The molecule has 2 heterocycles. The quantitative estimate of drug-likeness (QED) is 0.934. The SMILES string of the molecule is CCc1cc(C(=O)N[C@H](C)c2cnn(C)c2C)cs1. The molecule has 0 saturated heterocycles. The number of nitrogens with one attached hydrogen (secondary N) is 1. The smallest absolute Gasteiger partial charge is 0.252 e. The molecule has 1 atom stereocenters. The molecule has 0 radical (unpaired) electrons. The van der Waals surface area contributed by atoms with E-state index in [-0.39, 0.29) is 11.9 Å². The molecule has 1 amide bonds. The number of nitrogens with zero attached hydrogens (tertiary/aromatic N) is 2. The summed E-state index contributed by atoms with van der Waals surface area (Å²) in [7, 11) is 1.90. The van der Waals surface area contributed by atoms with E-state index in [1.54, 1.807) is 11.3 Å². The van der Waals surface area contributed by atoms with Gasteiger partial charge in [0, 0.05) is 28.6 Å². The zero-order valence-corrected chi connectivity index (χ0v) is 12.5. The number of hydrogen-bond acceptors (Lipinski definition) is 3. The van der Waals surface area contributed by atoms with Gasteiger partial charge >= 0.3 is 0 Å². The fraction of sp³-hybridized carbons (Fsp3) is 0.429. The van der Waals surface area contributed by atoms with Crippen molar-refractivity contribution in [1.82, 2.24) is 15.1 Å². The van der Waals surface area contributed by atoms with Crippen molar-refractivity contribution in [2.75, 3.05) is 0 Å². The number of amides is 1. The Morgan fingerprint density at radius 3 is 2.84 bits per heavy atom. The third kappa shape index (κ3) is 2.87. The van der Waals surface area contributed by atoms with Crippen LogP contribution in [0.2, 0.25) is 0 Å². The number of hydrogen-bond donors (Lipinski definition) is 1. The van der Waals surface area contributed by atoms with Crippen LogP contribution in [0, 0.1) is 6.92 Å². The molecule has 2 aromatic rings. The van der Waals surface area contributed by atoms with Crippen LogP contribution in [-0.4, -0.2) is 15.7 Å². The summed E-state index contributed by atoms with van der Waals surface area (Å²) >= 11 is 1.63. The largest absolute Gasteiger partial charge is 0.345 e. The molecule has 102 valence electrons. The summed E-state index contributed by atoms with van der Waals surface area (Å²) in [4.78, 5) is 13.4. The summed E-state index contributed by atoms with van der Waals surface area (Å²) in [5, 5.41) is 9.13. The van der Waals surface area contributed by atoms with Crippen molar-refractivity contribution in [1.29, 1.82) is 0 Å². The van der Waals surface area contributed by atoms with Gasteiger partial charge in [-0.1, -0.05) is 6.92 Å². The lowest BCUT2D eigenvalue weighted by Crippen LogP contribution is -2.26. The maximum Gasteiger partial charge on any atom is 0.252 e. The molecule has 1 N–H and O–H groups in total. The van der Waals surface area contributed by atoms with Crippen LogP contribution in [0.1, 0.15) is 46.4 Å². The second kappa shape index (κ2) is 5.57. The molecule has 0 fully saturated rings. The zero-order chi connectivity index (χ0) is 14.0. The van der Waals surface area contributed by atoms with E-state index in [2.05, 4.69) is 17.3 Å². The molecule has 0 aliphatic heterocycles. The molecule has 0 aliphatic rings. The first-order valence-corrected chi connectivity index (χ1v) is 7.27. The number of aryl methyl sites for hydroxylation is 2. The van der Waals surface area contributed by atoms with Crippen molar-refractivity contribution < 1.29 is 4.79 Å². The Morgan fingerprint density at radius 1 is 1.58 bits per heavy atom. The molecule has 0 aliphatic carbocycles. The van der Waals surface area contributed by atoms with E-state index >= 15 is 0 Å². The number of carbonyl (C=O) groups excluding carboxylic acids is 1. The number of rotatable bonds is 4. The van der Waals surface area contributed by atoms with E-state index < -0.39 is 0 Å². The first kappa shape index (κ1) is 13.8. The third-order valence-electron chi connectivity index (χ3n) is 3.35. The molecule has 0 aromatic carbocycles. The number of carbonyl (C=O) groups is 1. The normalized spacial score (nSPS) is 12.4. The zero-order valence-electron chi connectivity index (χ0n) is 11.7. The number of thiophene rings is 1. The van der Waals surface area contributed by atoms with Gasteiger partial charge in [0.25, 0.3) is 5.91 Å². The van der Waals surface area contributed by atoms with Gasteiger partial charge in [-0.25, -0.2) is 0 Å². The van der Waals surface area contributed by atoms with Crippen molar-refractivity contribution in [2.24, 2.45) is 7.05 Å². The van der Waals surface area contributed by atoms with Gasteiger partial charge in [0.05, 0.1) is 17.8 Å². The Morgan fingerprint density at radius 2 is 2.32 bits per heavy atom. The van der Waals surface area contributed by atoms with Crippen LogP contribution >= 0.6 is 11.3 Å². The first-order valence-electron chi connectivity index (χ1n) is 6.39. The van der Waals surface area contributed by atoms with E-state index in [0.29, 0.717) is 0 Å². The lowest BCUT2D eigenvalue weighted by Gasteiger charge is -2.13. The monoisotopic (exact) mass is 277 g/mol. The van der Waals surface area contributed by atoms with Crippen LogP contribution in [0.15, 0.2) is 17.6 Å². The molecular formula is C14H19N3OS. The van der Waals surface area contributed by atoms with Crippen LogP contribution in [0.3, 0.4) is 0 Å². The summed E-state index contributed by atoms with van der Waals surface area (Å²) in [6, 6.07) is 1.93. The molecular weight excluding hydrogens is 258 g/mol. The minimum absolute atomic E-state index is 0.0216. The van der Waals surface area contributed by atoms with Gasteiger partial charge in [0.1, 0.15) is 0 Å². The molecule has 2 rings (SSSR count). The highest BCUT2D eigenvalue weighted by atomic mass is 32.1. The lowest BCUT2D eigenvalue weighted by molar-refractivity contribution is 0.0940. The fourth-order valence-electron chi connectivity index (χ4n) is 1.98. The highest BCUT2D eigenvalue weighted by Gasteiger charge is 2.16. The minimum atomic E-state index is -0.0359. The molecule has 0 unspecified atom stereocenters. The van der Waals surface area contributed by atoms with Crippen molar-refractivity contribution in [3.8, 4) is 0 Å². The first-order chi connectivity index (χ1) is 9.02. The maximum absolute atomic E-state index is 12.1. The van der Waals surface area contributed by atoms with E-state index in [9.17, 15) is 4.79 Å². The summed E-state index contributed by atoms with van der Waals surface area (Å²) < 4.78 is 1.82. The summed E-state index contributed by atoms with van der Waals surface area (Å²) in [5.41, 5.74) is 2.88. The summed E-state index contributed by atoms with van der Waals surface area (Å²) in [6.45, 7) is 6.08. The van der Waals surface area contributed by atoms with Gasteiger partial charge in [-0.15, -0.1) is 11.3 Å². The molecule has 2 aromatic heterocycles. The Kier molecular flexibility index (Phi) is 4.04. The van der Waals surface area contributed by atoms with Gasteiger partial charge in [0.15, 0.2) is 0 Å². The van der Waals surface area contributed by atoms with Gasteiger partial charge in [-0.3, -0.25) is 9.48 Å². The molecule has 0 bridgehead atoms. The van der Waals surface area contributed by atoms with E-state index in [4.69, 9.17) is 0 Å². The standard InChI is InChI=1S/C14H19N3OS/c1-5-12-6-11(8-19-12)14(18)16-9(2)13-7-15-17(4)10(13)3/h6-9H,5H2,1-4H3,(H,16,18)/t9-/m1/s1. The Bertz CT molecular complexity index is 585. The number of aromatic nitrogens is 2. The van der Waals surface area contributed by atoms with E-state index in [1.807, 2.05) is 43.2 Å². The Hall–Kier alpha value is -1.62. The van der Waals surface area contributed by atoms with Gasteiger partial charge in [0.2, 0.25) is 0 Å². The molecule has 0 saturated carbocycles. The highest BCUT2D eigenvalue weighted by molar-refractivity contribution is 7.10. The van der Waals surface area contributed by atoms with Gasteiger partial charge < -0.3 is 5.32 Å². The van der Waals surface area contributed by atoms with Crippen LogP contribution in [0.4, 0.5) is 0 Å². The maximum atomic E-state index is 12.1. The minimum Gasteiger partial charge on any atom is -0.345 e. The summed E-state index contributed by atoms with van der Waals surface area (Å²) in [5.74, 6) is -0.0216. The van der Waals surface area contributed by atoms with Gasteiger partial charge in [-0.2, -0.15) is 5.10 Å². The predicted molar refractivity (Wildman–Crippen MR) is 77.5 cm³/mol. The predicted octanol–water partition coefficient (Wildman–Crippen LogP) is 2.84. The van der Waals surface area contributed by atoms with E-state index in [0.717, 1.165) is 23.2 Å². The third-order valence-corrected chi connectivity index (χ3v) is 4.43. The van der Waals surface area contributed by atoms with Crippen LogP contribution in [0.25, 0.3) is 0 Å². The van der Waals surface area contributed by atoms with Crippen LogP contribution in [0.5, 0.6) is 0 Å². The second-order valence-corrected chi connectivity index (χ2v) is 5.66. The average molecular weight is 277 g/mol. The summed E-state index contributed by atoms with van der Waals surface area (Å²) in [6.07, 6.45) is 2.78. The molecule has 0 spiro atoms. The lowest BCUT2D eigenvalue weighted by atomic mass is 10.1. The van der Waals surface area contributed by atoms with Crippen molar-refractivity contribution in [3.05, 3.63) is 39.3 Å². The average Bonchev–Trinajstić information content (AvgIpc) is 2.98. The highest BCUT2D eigenvalue weighted by Crippen LogP contribution is 2.19. The van der Waals surface area contributed by atoms with Gasteiger partial charge in [-0.05, 0) is 26.3 Å². The van der Waals surface area contributed by atoms with E-state index in [1.165, 1.54) is 4.88 Å². The Labute approximate surface area is 117 Å². The van der Waals surface area contributed by atoms with Crippen LogP contribution < -0.4 is 5.32 Å².